The molecule has 0 spiro atoms. The first kappa shape index (κ1) is 17.6. The van der Waals surface area contributed by atoms with E-state index in [0.29, 0.717) is 5.15 Å². The quantitative estimate of drug-likeness (QED) is 0.702. The highest BCUT2D eigenvalue weighted by Crippen LogP contribution is 2.15. The summed E-state index contributed by atoms with van der Waals surface area (Å²) in [7, 11) is 0. The number of pyridine rings is 1. The molecule has 2 aromatic rings. The molecule has 124 valence electrons. The van der Waals surface area contributed by atoms with Crippen molar-refractivity contribution >= 4 is 17.3 Å². The predicted octanol–water partition coefficient (Wildman–Crippen LogP) is 4.07. The number of hydrogen-bond donors (Lipinski definition) is 1. The number of aromatic nitrogens is 1. The number of nitrogens with one attached hydrogen (secondary N) is 1. The number of halogens is 1. The predicted molar refractivity (Wildman–Crippen MR) is 96.3 cm³/mol. The molecule has 2 rings (SSSR count). The molecule has 0 aliphatic carbocycles. The lowest BCUT2D eigenvalue weighted by Gasteiger charge is -2.18. The summed E-state index contributed by atoms with van der Waals surface area (Å²) in [6.45, 7) is 8.87. The third kappa shape index (κ3) is 6.08. The van der Waals surface area contributed by atoms with Crippen molar-refractivity contribution in [2.75, 3.05) is 31.6 Å². The van der Waals surface area contributed by atoms with E-state index >= 15 is 0 Å². The van der Waals surface area contributed by atoms with E-state index in [-0.39, 0.29) is 0 Å². The lowest BCUT2D eigenvalue weighted by Crippen LogP contribution is -2.27. The molecule has 23 heavy (non-hydrogen) atoms. The Morgan fingerprint density at radius 3 is 2.43 bits per heavy atom. The van der Waals surface area contributed by atoms with Crippen LogP contribution in [0.4, 0.5) is 5.69 Å². The first-order chi connectivity index (χ1) is 11.2. The number of nitrogens with zero attached hydrogens (tertiary/aromatic N) is 2. The molecule has 0 aliphatic heterocycles. The second-order valence-corrected chi connectivity index (χ2v) is 5.63. The lowest BCUT2D eigenvalue weighted by atomic mass is 10.2. The van der Waals surface area contributed by atoms with E-state index in [9.17, 15) is 0 Å². The minimum atomic E-state index is 0.502. The molecular weight excluding hydrogens is 310 g/mol. The maximum Gasteiger partial charge on any atom is 0.129 e. The first-order valence-corrected chi connectivity index (χ1v) is 8.38. The van der Waals surface area contributed by atoms with Crippen molar-refractivity contribution < 1.29 is 4.74 Å². The summed E-state index contributed by atoms with van der Waals surface area (Å²) in [5.41, 5.74) is 2.14. The standard InChI is InChI=1S/C18H24ClN3O/c1-3-22(4-2)11-12-23-17-8-5-15(6-9-17)13-20-16-7-10-18(19)21-14-16/h5-10,14,20H,3-4,11-13H2,1-2H3. The van der Waals surface area contributed by atoms with Crippen LogP contribution in [0, 0.1) is 0 Å². The summed E-state index contributed by atoms with van der Waals surface area (Å²) in [5, 5.41) is 3.81. The molecule has 1 N–H and O–H groups in total. The molecule has 0 saturated heterocycles. The van der Waals surface area contributed by atoms with Gasteiger partial charge >= 0.3 is 0 Å². The molecule has 1 aromatic heterocycles. The summed E-state index contributed by atoms with van der Waals surface area (Å²) in [4.78, 5) is 6.39. The van der Waals surface area contributed by atoms with Crippen molar-refractivity contribution in [3.05, 3.63) is 53.3 Å². The average molecular weight is 334 g/mol. The Kier molecular flexibility index (Phi) is 7.17. The number of benzene rings is 1. The van der Waals surface area contributed by atoms with E-state index in [1.54, 1.807) is 12.3 Å². The minimum absolute atomic E-state index is 0.502. The van der Waals surface area contributed by atoms with E-state index in [1.165, 1.54) is 5.56 Å². The van der Waals surface area contributed by atoms with Gasteiger partial charge in [-0.3, -0.25) is 0 Å². The molecule has 0 unspecified atom stereocenters. The molecule has 1 heterocycles. The molecule has 0 aliphatic rings. The van der Waals surface area contributed by atoms with Gasteiger partial charge in [-0.2, -0.15) is 0 Å². The number of anilines is 1. The van der Waals surface area contributed by atoms with Crippen LogP contribution in [0.25, 0.3) is 0 Å². The van der Waals surface area contributed by atoms with Gasteiger partial charge in [-0.25, -0.2) is 4.98 Å². The average Bonchev–Trinajstić information content (AvgIpc) is 2.59. The Bertz CT molecular complexity index is 568. The van der Waals surface area contributed by atoms with Gasteiger partial charge in [-0.15, -0.1) is 0 Å². The van der Waals surface area contributed by atoms with Gasteiger partial charge in [0.15, 0.2) is 0 Å². The molecule has 0 fully saturated rings. The topological polar surface area (TPSA) is 37.4 Å². The summed E-state index contributed by atoms with van der Waals surface area (Å²) in [6.07, 6.45) is 1.73. The van der Waals surface area contributed by atoms with Crippen LogP contribution >= 0.6 is 11.6 Å². The smallest absolute Gasteiger partial charge is 0.129 e. The lowest BCUT2D eigenvalue weighted by molar-refractivity contribution is 0.223. The molecular formula is C18H24ClN3O. The van der Waals surface area contributed by atoms with Crippen LogP contribution in [0.3, 0.4) is 0 Å². The molecule has 4 nitrogen and oxygen atoms in total. The van der Waals surface area contributed by atoms with Crippen LogP contribution in [0.1, 0.15) is 19.4 Å². The van der Waals surface area contributed by atoms with Gasteiger partial charge in [-0.1, -0.05) is 37.6 Å². The van der Waals surface area contributed by atoms with Crippen LogP contribution < -0.4 is 10.1 Å². The van der Waals surface area contributed by atoms with E-state index in [4.69, 9.17) is 16.3 Å². The maximum atomic E-state index is 5.78. The summed E-state index contributed by atoms with van der Waals surface area (Å²) < 4.78 is 5.78. The Labute approximate surface area is 143 Å². The highest BCUT2D eigenvalue weighted by molar-refractivity contribution is 6.29. The molecule has 1 aromatic carbocycles. The highest BCUT2D eigenvalue weighted by Gasteiger charge is 2.00. The van der Waals surface area contributed by atoms with E-state index < -0.39 is 0 Å². The zero-order chi connectivity index (χ0) is 16.5. The van der Waals surface area contributed by atoms with E-state index in [0.717, 1.165) is 44.2 Å². The second kappa shape index (κ2) is 9.38. The summed E-state index contributed by atoms with van der Waals surface area (Å²) >= 11 is 5.77. The molecule has 0 saturated carbocycles. The van der Waals surface area contributed by atoms with Gasteiger partial charge < -0.3 is 15.0 Å². The Hall–Kier alpha value is -1.78. The zero-order valence-corrected chi connectivity index (χ0v) is 14.5. The normalized spacial score (nSPS) is 10.8. The SMILES string of the molecule is CCN(CC)CCOc1ccc(CNc2ccc(Cl)nc2)cc1. The van der Waals surface area contributed by atoms with Crippen LogP contribution in [0.5, 0.6) is 5.75 Å². The summed E-state index contributed by atoms with van der Waals surface area (Å²) in [6, 6.07) is 11.9. The number of ether oxygens (including phenoxy) is 1. The van der Waals surface area contributed by atoms with Gasteiger partial charge in [0.05, 0.1) is 11.9 Å². The van der Waals surface area contributed by atoms with Crippen LogP contribution in [-0.4, -0.2) is 36.1 Å². The number of hydrogen-bond acceptors (Lipinski definition) is 4. The third-order valence-corrected chi connectivity index (χ3v) is 3.94. The highest BCUT2D eigenvalue weighted by atomic mass is 35.5. The fourth-order valence-electron chi connectivity index (χ4n) is 2.22. The van der Waals surface area contributed by atoms with Gasteiger partial charge in [0.1, 0.15) is 17.5 Å². The molecule has 0 radical (unpaired) electrons. The van der Waals surface area contributed by atoms with Crippen molar-refractivity contribution in [3.63, 3.8) is 0 Å². The Balaban J connectivity index is 1.76. The Morgan fingerprint density at radius 1 is 1.09 bits per heavy atom. The largest absolute Gasteiger partial charge is 0.492 e. The van der Waals surface area contributed by atoms with Gasteiger partial charge in [-0.05, 0) is 42.9 Å². The first-order valence-electron chi connectivity index (χ1n) is 8.00. The summed E-state index contributed by atoms with van der Waals surface area (Å²) in [5.74, 6) is 0.911. The van der Waals surface area contributed by atoms with E-state index in [2.05, 4.69) is 41.2 Å². The molecule has 0 bridgehead atoms. The van der Waals surface area contributed by atoms with Crippen LogP contribution in [-0.2, 0) is 6.54 Å². The Morgan fingerprint density at radius 2 is 1.83 bits per heavy atom. The fraction of sp³-hybridized carbons (Fsp3) is 0.389. The number of likely N-dealkylation sites (N-methyl/N-ethyl adjacent to an activating group) is 1. The van der Waals surface area contributed by atoms with Crippen molar-refractivity contribution in [1.29, 1.82) is 0 Å². The van der Waals surface area contributed by atoms with E-state index in [1.807, 2.05) is 18.2 Å². The van der Waals surface area contributed by atoms with Gasteiger partial charge in [0, 0.05) is 13.1 Å². The second-order valence-electron chi connectivity index (χ2n) is 5.24. The molecule has 0 amide bonds. The fourth-order valence-corrected chi connectivity index (χ4v) is 2.33. The van der Waals surface area contributed by atoms with Gasteiger partial charge in [0.2, 0.25) is 0 Å². The maximum absolute atomic E-state index is 5.78. The molecule has 5 heteroatoms. The monoisotopic (exact) mass is 333 g/mol. The zero-order valence-electron chi connectivity index (χ0n) is 13.8. The third-order valence-electron chi connectivity index (χ3n) is 3.72. The van der Waals surface area contributed by atoms with Crippen molar-refractivity contribution in [1.82, 2.24) is 9.88 Å². The molecule has 0 atom stereocenters. The van der Waals surface area contributed by atoms with Crippen molar-refractivity contribution in [3.8, 4) is 5.75 Å². The minimum Gasteiger partial charge on any atom is -0.492 e. The number of rotatable bonds is 9. The van der Waals surface area contributed by atoms with Crippen LogP contribution in [0.2, 0.25) is 5.15 Å². The van der Waals surface area contributed by atoms with Crippen molar-refractivity contribution in [2.45, 2.75) is 20.4 Å². The van der Waals surface area contributed by atoms with Gasteiger partial charge in [0.25, 0.3) is 0 Å². The van der Waals surface area contributed by atoms with Crippen LogP contribution in [0.15, 0.2) is 42.6 Å². The van der Waals surface area contributed by atoms with Crippen molar-refractivity contribution in [2.24, 2.45) is 0 Å².